The summed E-state index contributed by atoms with van der Waals surface area (Å²) in [5.41, 5.74) is 3.92. The van der Waals surface area contributed by atoms with E-state index in [-0.39, 0.29) is 5.91 Å². The lowest BCUT2D eigenvalue weighted by Crippen LogP contribution is -2.49. The quantitative estimate of drug-likeness (QED) is 0.817. The van der Waals surface area contributed by atoms with E-state index in [0.717, 1.165) is 26.2 Å². The number of anilines is 1. The number of rotatable bonds is 5. The number of amides is 1. The molecule has 1 amide bonds. The molecule has 0 unspecified atom stereocenters. The number of hydrogen-bond acceptors (Lipinski definition) is 6. The van der Waals surface area contributed by atoms with E-state index in [4.69, 9.17) is 4.52 Å². The second-order valence-electron chi connectivity index (χ2n) is 6.31. The Balaban J connectivity index is 1.46. The molecule has 0 saturated carbocycles. The Bertz CT molecular complexity index is 738. The first kappa shape index (κ1) is 17.8. The van der Waals surface area contributed by atoms with Crippen LogP contribution in [-0.4, -0.2) is 52.9 Å². The summed E-state index contributed by atoms with van der Waals surface area (Å²) in [5.74, 6) is 2.45. The minimum Gasteiger partial charge on any atom is -0.368 e. The summed E-state index contributed by atoms with van der Waals surface area (Å²) in [6.45, 7) is 9.37. The van der Waals surface area contributed by atoms with Crippen molar-refractivity contribution in [2.45, 2.75) is 26.5 Å². The predicted octanol–water partition coefficient (Wildman–Crippen LogP) is 2.58. The Morgan fingerprint density at radius 3 is 2.64 bits per heavy atom. The van der Waals surface area contributed by atoms with Crippen LogP contribution in [0.3, 0.4) is 0 Å². The molecule has 0 radical (unpaired) electrons. The molecule has 1 fully saturated rings. The van der Waals surface area contributed by atoms with Gasteiger partial charge >= 0.3 is 0 Å². The number of carbonyl (C=O) groups excluding carboxylic acids is 1. The van der Waals surface area contributed by atoms with E-state index in [1.54, 1.807) is 6.92 Å². The highest BCUT2D eigenvalue weighted by molar-refractivity contribution is 7.99. The van der Waals surface area contributed by atoms with E-state index < -0.39 is 0 Å². The van der Waals surface area contributed by atoms with Crippen LogP contribution < -0.4 is 4.90 Å². The van der Waals surface area contributed by atoms with Crippen LogP contribution in [0.2, 0.25) is 0 Å². The zero-order chi connectivity index (χ0) is 17.8. The molecule has 0 atom stereocenters. The summed E-state index contributed by atoms with van der Waals surface area (Å²) in [7, 11) is 0. The lowest BCUT2D eigenvalue weighted by molar-refractivity contribution is -0.128. The molecule has 1 aliphatic heterocycles. The van der Waals surface area contributed by atoms with Crippen LogP contribution in [0.25, 0.3) is 0 Å². The van der Waals surface area contributed by atoms with Gasteiger partial charge in [-0.2, -0.15) is 4.98 Å². The number of aryl methyl sites for hydroxylation is 2. The Kier molecular flexibility index (Phi) is 5.63. The molecule has 0 spiro atoms. The Labute approximate surface area is 152 Å². The molecule has 2 heterocycles. The molecule has 1 saturated heterocycles. The zero-order valence-corrected chi connectivity index (χ0v) is 15.8. The number of nitrogens with zero attached hydrogens (tertiary/aromatic N) is 4. The summed E-state index contributed by atoms with van der Waals surface area (Å²) in [6.07, 6.45) is 0. The zero-order valence-electron chi connectivity index (χ0n) is 15.0. The molecular weight excluding hydrogens is 336 g/mol. The van der Waals surface area contributed by atoms with E-state index in [9.17, 15) is 4.79 Å². The predicted molar refractivity (Wildman–Crippen MR) is 99.9 cm³/mol. The number of piperazine rings is 1. The van der Waals surface area contributed by atoms with Crippen molar-refractivity contribution in [2.75, 3.05) is 36.8 Å². The van der Waals surface area contributed by atoms with Crippen molar-refractivity contribution < 1.29 is 9.32 Å². The highest BCUT2D eigenvalue weighted by atomic mass is 32.2. The third kappa shape index (κ3) is 4.34. The normalized spacial score (nSPS) is 14.8. The first-order valence-corrected chi connectivity index (χ1v) is 9.66. The van der Waals surface area contributed by atoms with Crippen molar-refractivity contribution in [1.82, 2.24) is 15.0 Å². The van der Waals surface area contributed by atoms with Gasteiger partial charge in [0.25, 0.3) is 0 Å². The van der Waals surface area contributed by atoms with Gasteiger partial charge in [-0.3, -0.25) is 4.79 Å². The first-order chi connectivity index (χ1) is 12.0. The van der Waals surface area contributed by atoms with Crippen molar-refractivity contribution in [3.05, 3.63) is 41.0 Å². The maximum absolute atomic E-state index is 12.4. The van der Waals surface area contributed by atoms with E-state index in [1.165, 1.54) is 28.6 Å². The van der Waals surface area contributed by atoms with Crippen molar-refractivity contribution in [1.29, 1.82) is 0 Å². The van der Waals surface area contributed by atoms with Crippen molar-refractivity contribution >= 4 is 23.4 Å². The van der Waals surface area contributed by atoms with Gasteiger partial charge in [-0.15, -0.1) is 11.8 Å². The number of benzene rings is 1. The highest BCUT2D eigenvalue weighted by Gasteiger charge is 2.22. The average Bonchev–Trinajstić information content (AvgIpc) is 3.03. The average molecular weight is 360 g/mol. The van der Waals surface area contributed by atoms with Crippen LogP contribution in [0.4, 0.5) is 5.69 Å². The number of thioether (sulfide) groups is 1. The molecule has 0 aliphatic carbocycles. The second kappa shape index (κ2) is 7.91. The van der Waals surface area contributed by atoms with Crippen LogP contribution in [0, 0.1) is 20.8 Å². The van der Waals surface area contributed by atoms with Crippen LogP contribution in [0.15, 0.2) is 22.7 Å². The minimum absolute atomic E-state index is 0.186. The maximum atomic E-state index is 12.4. The fourth-order valence-corrected chi connectivity index (χ4v) is 3.75. The highest BCUT2D eigenvalue weighted by Crippen LogP contribution is 2.24. The third-order valence-electron chi connectivity index (χ3n) is 4.58. The molecule has 3 rings (SSSR count). The van der Waals surface area contributed by atoms with Crippen LogP contribution in [0.5, 0.6) is 0 Å². The van der Waals surface area contributed by atoms with Crippen molar-refractivity contribution in [2.24, 2.45) is 0 Å². The standard InChI is InChI=1S/C18H24N4O2S/c1-13-5-4-6-16(14(13)2)21-7-9-22(10-8-21)18(23)12-25-11-17-19-15(3)24-20-17/h4-6H,7-12H2,1-3H3. The Hall–Kier alpha value is -2.02. The fraction of sp³-hybridized carbons (Fsp3) is 0.500. The summed E-state index contributed by atoms with van der Waals surface area (Å²) >= 11 is 1.53. The van der Waals surface area contributed by atoms with Gasteiger partial charge in [-0.05, 0) is 31.0 Å². The Morgan fingerprint density at radius 1 is 1.20 bits per heavy atom. The van der Waals surface area contributed by atoms with Gasteiger partial charge in [-0.1, -0.05) is 17.3 Å². The minimum atomic E-state index is 0.186. The Morgan fingerprint density at radius 2 is 1.96 bits per heavy atom. The molecule has 2 aromatic rings. The van der Waals surface area contributed by atoms with Gasteiger partial charge in [0, 0.05) is 38.8 Å². The molecule has 0 bridgehead atoms. The summed E-state index contributed by atoms with van der Waals surface area (Å²) in [5, 5.41) is 3.85. The topological polar surface area (TPSA) is 62.5 Å². The van der Waals surface area contributed by atoms with Gasteiger partial charge in [0.2, 0.25) is 11.8 Å². The van der Waals surface area contributed by atoms with Gasteiger partial charge in [-0.25, -0.2) is 0 Å². The van der Waals surface area contributed by atoms with Gasteiger partial charge in [0.05, 0.1) is 11.5 Å². The molecular formula is C18H24N4O2S. The molecule has 0 N–H and O–H groups in total. The van der Waals surface area contributed by atoms with Crippen LogP contribution in [-0.2, 0) is 10.5 Å². The van der Waals surface area contributed by atoms with E-state index in [2.05, 4.69) is 47.1 Å². The number of aromatic nitrogens is 2. The van der Waals surface area contributed by atoms with E-state index in [0.29, 0.717) is 23.2 Å². The summed E-state index contributed by atoms with van der Waals surface area (Å²) in [4.78, 5) is 20.9. The monoisotopic (exact) mass is 360 g/mol. The fourth-order valence-electron chi connectivity index (χ4n) is 3.00. The third-order valence-corrected chi connectivity index (χ3v) is 5.49. The summed E-state index contributed by atoms with van der Waals surface area (Å²) < 4.78 is 4.93. The second-order valence-corrected chi connectivity index (χ2v) is 7.29. The molecule has 1 aromatic heterocycles. The lowest BCUT2D eigenvalue weighted by atomic mass is 10.1. The molecule has 25 heavy (non-hydrogen) atoms. The van der Waals surface area contributed by atoms with Gasteiger partial charge in [0.15, 0.2) is 5.82 Å². The molecule has 7 heteroatoms. The lowest BCUT2D eigenvalue weighted by Gasteiger charge is -2.37. The SMILES string of the molecule is Cc1nc(CSCC(=O)N2CCN(c3cccc(C)c3C)CC2)no1. The first-order valence-electron chi connectivity index (χ1n) is 8.50. The van der Waals surface area contributed by atoms with E-state index in [1.807, 2.05) is 4.90 Å². The van der Waals surface area contributed by atoms with Crippen molar-refractivity contribution in [3.63, 3.8) is 0 Å². The van der Waals surface area contributed by atoms with Crippen LogP contribution in [0.1, 0.15) is 22.8 Å². The van der Waals surface area contributed by atoms with Crippen LogP contribution >= 0.6 is 11.8 Å². The number of carbonyl (C=O) groups is 1. The smallest absolute Gasteiger partial charge is 0.232 e. The molecule has 1 aromatic carbocycles. The maximum Gasteiger partial charge on any atom is 0.232 e. The van der Waals surface area contributed by atoms with Gasteiger partial charge in [0.1, 0.15) is 0 Å². The molecule has 134 valence electrons. The van der Waals surface area contributed by atoms with Crippen molar-refractivity contribution in [3.8, 4) is 0 Å². The van der Waals surface area contributed by atoms with E-state index >= 15 is 0 Å². The molecule has 1 aliphatic rings. The number of hydrogen-bond donors (Lipinski definition) is 0. The van der Waals surface area contributed by atoms with Gasteiger partial charge < -0.3 is 14.3 Å². The summed E-state index contributed by atoms with van der Waals surface area (Å²) in [6, 6.07) is 6.41. The largest absolute Gasteiger partial charge is 0.368 e. The molecule has 6 nitrogen and oxygen atoms in total.